The van der Waals surface area contributed by atoms with Crippen molar-refractivity contribution in [1.29, 1.82) is 0 Å². The van der Waals surface area contributed by atoms with Gasteiger partial charge in [-0.05, 0) is 37.1 Å². The third kappa shape index (κ3) is 2.96. The van der Waals surface area contributed by atoms with Gasteiger partial charge in [-0.15, -0.1) is 11.6 Å². The molecule has 1 heterocycles. The van der Waals surface area contributed by atoms with Crippen molar-refractivity contribution in [3.8, 4) is 0 Å². The number of hydrogen-bond donors (Lipinski definition) is 0. The molecule has 3 heteroatoms. The van der Waals surface area contributed by atoms with Crippen LogP contribution in [0.4, 0.5) is 0 Å². The third-order valence-corrected chi connectivity index (χ3v) is 3.86. The van der Waals surface area contributed by atoms with Gasteiger partial charge in [0.15, 0.2) is 0 Å². The molecule has 0 bridgehead atoms. The van der Waals surface area contributed by atoms with Crippen LogP contribution in [0.15, 0.2) is 28.7 Å². The summed E-state index contributed by atoms with van der Waals surface area (Å²) in [5.41, 5.74) is 1.37. The Balaban J connectivity index is 1.99. The van der Waals surface area contributed by atoms with Crippen LogP contribution >= 0.6 is 27.5 Å². The van der Waals surface area contributed by atoms with E-state index in [0.29, 0.717) is 6.04 Å². The van der Waals surface area contributed by atoms with Crippen LogP contribution in [0.3, 0.4) is 0 Å². The first-order valence-electron chi connectivity index (χ1n) is 5.34. The molecule has 1 aliphatic heterocycles. The summed E-state index contributed by atoms with van der Waals surface area (Å²) in [5, 5.41) is 0. The second-order valence-corrected chi connectivity index (χ2v) is 5.27. The average Bonchev–Trinajstić information content (AvgIpc) is 2.69. The largest absolute Gasteiger partial charge is 0.295 e. The maximum Gasteiger partial charge on any atom is 0.0379 e. The van der Waals surface area contributed by atoms with Crippen molar-refractivity contribution in [1.82, 2.24) is 4.90 Å². The van der Waals surface area contributed by atoms with Crippen LogP contribution in [-0.4, -0.2) is 23.4 Å². The van der Waals surface area contributed by atoms with E-state index in [1.807, 2.05) is 0 Å². The van der Waals surface area contributed by atoms with E-state index >= 15 is 0 Å². The van der Waals surface area contributed by atoms with Crippen molar-refractivity contribution in [2.75, 3.05) is 12.4 Å². The number of likely N-dealkylation sites (tertiary alicyclic amines) is 1. The highest BCUT2D eigenvalue weighted by Gasteiger charge is 2.23. The van der Waals surface area contributed by atoms with E-state index in [1.54, 1.807) is 0 Å². The van der Waals surface area contributed by atoms with E-state index < -0.39 is 0 Å². The van der Waals surface area contributed by atoms with Gasteiger partial charge in [-0.3, -0.25) is 4.90 Å². The molecule has 0 amide bonds. The fourth-order valence-corrected chi connectivity index (χ4v) is 2.72. The molecule has 0 aromatic heterocycles. The van der Waals surface area contributed by atoms with Crippen LogP contribution in [0.5, 0.6) is 0 Å². The Bertz CT molecular complexity index is 312. The molecule has 1 unspecified atom stereocenters. The van der Waals surface area contributed by atoms with Gasteiger partial charge >= 0.3 is 0 Å². The Morgan fingerprint density at radius 1 is 1.33 bits per heavy atom. The first-order chi connectivity index (χ1) is 7.29. The maximum atomic E-state index is 5.94. The normalized spacial score (nSPS) is 22.1. The highest BCUT2D eigenvalue weighted by Crippen LogP contribution is 2.21. The Morgan fingerprint density at radius 3 is 2.73 bits per heavy atom. The molecule has 82 valence electrons. The van der Waals surface area contributed by atoms with Crippen molar-refractivity contribution >= 4 is 27.5 Å². The second kappa shape index (κ2) is 5.33. The van der Waals surface area contributed by atoms with Crippen LogP contribution < -0.4 is 0 Å². The minimum absolute atomic E-state index is 0.579. The summed E-state index contributed by atoms with van der Waals surface area (Å²) in [4.78, 5) is 2.48. The first-order valence-corrected chi connectivity index (χ1v) is 6.67. The van der Waals surface area contributed by atoms with Crippen molar-refractivity contribution in [3.05, 3.63) is 34.3 Å². The number of nitrogens with zero attached hydrogens (tertiary/aromatic N) is 1. The zero-order chi connectivity index (χ0) is 10.7. The Morgan fingerprint density at radius 2 is 2.07 bits per heavy atom. The fourth-order valence-electron chi connectivity index (χ4n) is 2.10. The van der Waals surface area contributed by atoms with Gasteiger partial charge in [-0.25, -0.2) is 0 Å². The number of hydrogen-bond acceptors (Lipinski definition) is 1. The van der Waals surface area contributed by atoms with Crippen LogP contribution in [0.1, 0.15) is 18.4 Å². The van der Waals surface area contributed by atoms with Crippen LogP contribution in [0.2, 0.25) is 0 Å². The van der Waals surface area contributed by atoms with E-state index in [4.69, 9.17) is 11.6 Å². The van der Waals surface area contributed by atoms with Gasteiger partial charge < -0.3 is 0 Å². The Hall–Kier alpha value is -0.0500. The van der Waals surface area contributed by atoms with E-state index in [1.165, 1.54) is 24.9 Å². The highest BCUT2D eigenvalue weighted by molar-refractivity contribution is 9.10. The molecule has 1 aromatic rings. The van der Waals surface area contributed by atoms with Gasteiger partial charge in [-0.1, -0.05) is 28.1 Å². The lowest BCUT2D eigenvalue weighted by Gasteiger charge is -2.22. The quantitative estimate of drug-likeness (QED) is 0.767. The number of alkyl halides is 1. The van der Waals surface area contributed by atoms with Gasteiger partial charge in [0.2, 0.25) is 0 Å². The van der Waals surface area contributed by atoms with E-state index in [9.17, 15) is 0 Å². The molecular formula is C12H15BrClN. The monoisotopic (exact) mass is 287 g/mol. The summed E-state index contributed by atoms with van der Waals surface area (Å²) in [6, 6.07) is 9.12. The second-order valence-electron chi connectivity index (χ2n) is 4.05. The molecule has 0 N–H and O–H groups in total. The average molecular weight is 289 g/mol. The van der Waals surface area contributed by atoms with Gasteiger partial charge in [0, 0.05) is 22.9 Å². The van der Waals surface area contributed by atoms with Crippen LogP contribution in [-0.2, 0) is 6.54 Å². The predicted octanol–water partition coefficient (Wildman–Crippen LogP) is 3.65. The summed E-state index contributed by atoms with van der Waals surface area (Å²) in [7, 11) is 0. The standard InChI is InChI=1S/C12H15BrClN/c13-11-5-3-10(4-6-11)9-15-7-1-2-12(15)8-14/h3-6,12H,1-2,7-9H2. The molecule has 1 atom stereocenters. The smallest absolute Gasteiger partial charge is 0.0379 e. The fraction of sp³-hybridized carbons (Fsp3) is 0.500. The van der Waals surface area contributed by atoms with Gasteiger partial charge in [-0.2, -0.15) is 0 Å². The third-order valence-electron chi connectivity index (χ3n) is 2.98. The van der Waals surface area contributed by atoms with Gasteiger partial charge in [0.05, 0.1) is 0 Å². The zero-order valence-corrected chi connectivity index (χ0v) is 11.0. The lowest BCUT2D eigenvalue weighted by Crippen LogP contribution is -2.30. The van der Waals surface area contributed by atoms with Crippen LogP contribution in [0.25, 0.3) is 0 Å². The predicted molar refractivity (Wildman–Crippen MR) is 68.3 cm³/mol. The molecule has 1 fully saturated rings. The summed E-state index contributed by atoms with van der Waals surface area (Å²) >= 11 is 9.39. The molecule has 0 radical (unpaired) electrons. The first kappa shape index (κ1) is 11.4. The number of halogens is 2. The van der Waals surface area contributed by atoms with Gasteiger partial charge in [0.25, 0.3) is 0 Å². The molecule has 0 saturated carbocycles. The van der Waals surface area contributed by atoms with E-state index in [2.05, 4.69) is 45.1 Å². The van der Waals surface area contributed by atoms with Crippen LogP contribution in [0, 0.1) is 0 Å². The Kier molecular flexibility index (Phi) is 4.06. The van der Waals surface area contributed by atoms with Crippen molar-refractivity contribution in [2.24, 2.45) is 0 Å². The van der Waals surface area contributed by atoms with Crippen molar-refractivity contribution in [2.45, 2.75) is 25.4 Å². The number of benzene rings is 1. The molecule has 1 aliphatic rings. The van der Waals surface area contributed by atoms with Crippen molar-refractivity contribution in [3.63, 3.8) is 0 Å². The molecule has 2 rings (SSSR count). The Labute approximate surface area is 105 Å². The zero-order valence-electron chi connectivity index (χ0n) is 8.63. The SMILES string of the molecule is ClCC1CCCN1Cc1ccc(Br)cc1. The molecule has 1 aromatic carbocycles. The molecule has 1 nitrogen and oxygen atoms in total. The van der Waals surface area contributed by atoms with Crippen molar-refractivity contribution < 1.29 is 0 Å². The molecule has 1 saturated heterocycles. The topological polar surface area (TPSA) is 3.24 Å². The molecule has 15 heavy (non-hydrogen) atoms. The minimum Gasteiger partial charge on any atom is -0.295 e. The summed E-state index contributed by atoms with van der Waals surface area (Å²) < 4.78 is 1.14. The number of rotatable bonds is 3. The minimum atomic E-state index is 0.579. The molecular weight excluding hydrogens is 273 g/mol. The maximum absolute atomic E-state index is 5.94. The van der Waals surface area contributed by atoms with E-state index in [-0.39, 0.29) is 0 Å². The lowest BCUT2D eigenvalue weighted by molar-refractivity contribution is 0.263. The summed E-state index contributed by atoms with van der Waals surface area (Å²) in [5.74, 6) is 0.760. The highest BCUT2D eigenvalue weighted by atomic mass is 79.9. The molecule has 0 spiro atoms. The summed E-state index contributed by atoms with van der Waals surface area (Å²) in [6.45, 7) is 2.22. The van der Waals surface area contributed by atoms with E-state index in [0.717, 1.165) is 16.9 Å². The molecule has 0 aliphatic carbocycles. The summed E-state index contributed by atoms with van der Waals surface area (Å²) in [6.07, 6.45) is 2.54. The lowest BCUT2D eigenvalue weighted by atomic mass is 10.2. The van der Waals surface area contributed by atoms with Gasteiger partial charge in [0.1, 0.15) is 0 Å².